The second-order valence-corrected chi connectivity index (χ2v) is 4.50. The number of nitro groups is 1. The lowest BCUT2D eigenvalue weighted by Crippen LogP contribution is -2.13. The van der Waals surface area contributed by atoms with Crippen molar-refractivity contribution in [3.63, 3.8) is 0 Å². The van der Waals surface area contributed by atoms with Gasteiger partial charge in [0, 0.05) is 6.07 Å². The first-order valence-electron chi connectivity index (χ1n) is 4.10. The molecule has 17 heavy (non-hydrogen) atoms. The topological polar surface area (TPSA) is 136 Å². The van der Waals surface area contributed by atoms with Crippen LogP contribution >= 0.6 is 0 Å². The van der Waals surface area contributed by atoms with E-state index in [9.17, 15) is 18.5 Å². The van der Waals surface area contributed by atoms with Crippen molar-refractivity contribution >= 4 is 15.7 Å². The van der Waals surface area contributed by atoms with Crippen molar-refractivity contribution < 1.29 is 18.1 Å². The van der Waals surface area contributed by atoms with Crippen LogP contribution in [-0.2, 0) is 10.0 Å². The van der Waals surface area contributed by atoms with Gasteiger partial charge in [0.15, 0.2) is 0 Å². The normalized spacial score (nSPS) is 10.6. The fourth-order valence-corrected chi connectivity index (χ4v) is 1.74. The summed E-state index contributed by atoms with van der Waals surface area (Å²) in [6.07, 6.45) is 0. The van der Waals surface area contributed by atoms with E-state index in [-0.39, 0.29) is 11.3 Å². The number of rotatable bonds is 3. The average molecular weight is 257 g/mol. The Morgan fingerprint density at radius 2 is 2.12 bits per heavy atom. The number of benzene rings is 1. The molecule has 0 unspecified atom stereocenters. The molecule has 0 amide bonds. The summed E-state index contributed by atoms with van der Waals surface area (Å²) in [7, 11) is -2.99. The Morgan fingerprint density at radius 3 is 2.47 bits per heavy atom. The van der Waals surface area contributed by atoms with Crippen molar-refractivity contribution in [2.45, 2.75) is 4.90 Å². The van der Waals surface area contributed by atoms with Gasteiger partial charge in [-0.05, 0) is 6.07 Å². The molecule has 2 N–H and O–H groups in total. The third kappa shape index (κ3) is 2.49. The molecule has 0 radical (unpaired) electrons. The van der Waals surface area contributed by atoms with E-state index in [0.29, 0.717) is 0 Å². The van der Waals surface area contributed by atoms with Crippen LogP contribution in [-0.4, -0.2) is 20.5 Å². The van der Waals surface area contributed by atoms with Gasteiger partial charge < -0.3 is 4.74 Å². The van der Waals surface area contributed by atoms with Crippen molar-refractivity contribution in [3.8, 4) is 11.8 Å². The van der Waals surface area contributed by atoms with Crippen LogP contribution in [0.4, 0.5) is 5.69 Å². The molecule has 1 aromatic carbocycles. The average Bonchev–Trinajstić information content (AvgIpc) is 2.25. The van der Waals surface area contributed by atoms with Gasteiger partial charge in [0.1, 0.15) is 11.6 Å². The first kappa shape index (κ1) is 12.9. The zero-order valence-corrected chi connectivity index (χ0v) is 9.39. The van der Waals surface area contributed by atoms with Gasteiger partial charge in [-0.25, -0.2) is 13.6 Å². The van der Waals surface area contributed by atoms with Gasteiger partial charge in [-0.3, -0.25) is 10.1 Å². The number of hydrogen-bond donors (Lipinski definition) is 1. The summed E-state index contributed by atoms with van der Waals surface area (Å²) in [4.78, 5) is 9.34. The standard InChI is InChI=1S/C8H7N3O5S/c1-16-8-5(4-9)2-6(17(10,14)15)3-7(8)11(12)13/h2-3H,1H3,(H2,10,14,15). The van der Waals surface area contributed by atoms with E-state index in [1.807, 2.05) is 0 Å². The number of ether oxygens (including phenoxy) is 1. The van der Waals surface area contributed by atoms with E-state index in [4.69, 9.17) is 15.1 Å². The van der Waals surface area contributed by atoms with Crippen LogP contribution in [0.1, 0.15) is 5.56 Å². The summed E-state index contributed by atoms with van der Waals surface area (Å²) < 4.78 is 26.9. The molecule has 9 heteroatoms. The monoisotopic (exact) mass is 257 g/mol. The molecule has 90 valence electrons. The number of methoxy groups -OCH3 is 1. The smallest absolute Gasteiger partial charge is 0.313 e. The Balaban J connectivity index is 3.71. The van der Waals surface area contributed by atoms with E-state index in [2.05, 4.69) is 0 Å². The fourth-order valence-electron chi connectivity index (χ4n) is 1.19. The minimum absolute atomic E-state index is 0.272. The lowest BCUT2D eigenvalue weighted by atomic mass is 10.2. The van der Waals surface area contributed by atoms with E-state index in [1.54, 1.807) is 6.07 Å². The molecule has 0 bridgehead atoms. The first-order valence-corrected chi connectivity index (χ1v) is 5.65. The number of primary sulfonamides is 1. The molecule has 0 aliphatic carbocycles. The molecule has 1 rings (SSSR count). The van der Waals surface area contributed by atoms with Gasteiger partial charge in [-0.15, -0.1) is 0 Å². The molecule has 0 fully saturated rings. The Kier molecular flexibility index (Phi) is 3.31. The van der Waals surface area contributed by atoms with Crippen LogP contribution in [0, 0.1) is 21.4 Å². The van der Waals surface area contributed by atoms with Gasteiger partial charge in [-0.1, -0.05) is 0 Å². The number of sulfonamides is 1. The van der Waals surface area contributed by atoms with Crippen molar-refractivity contribution in [1.29, 1.82) is 5.26 Å². The molecular formula is C8H7N3O5S. The molecule has 0 aliphatic heterocycles. The summed E-state index contributed by atoms with van der Waals surface area (Å²) in [5, 5.41) is 24.3. The second-order valence-electron chi connectivity index (χ2n) is 2.94. The molecule has 0 spiro atoms. The number of nitrogens with zero attached hydrogens (tertiary/aromatic N) is 2. The van der Waals surface area contributed by atoms with E-state index in [0.717, 1.165) is 19.2 Å². The molecule has 0 saturated carbocycles. The summed E-state index contributed by atoms with van der Waals surface area (Å²) >= 11 is 0. The molecule has 0 aliphatic rings. The van der Waals surface area contributed by atoms with Crippen molar-refractivity contribution in [2.24, 2.45) is 5.14 Å². The van der Waals surface area contributed by atoms with Crippen molar-refractivity contribution in [1.82, 2.24) is 0 Å². The molecule has 0 aromatic heterocycles. The molecule has 0 atom stereocenters. The predicted molar refractivity (Wildman–Crippen MR) is 55.7 cm³/mol. The quantitative estimate of drug-likeness (QED) is 0.603. The van der Waals surface area contributed by atoms with Crippen molar-refractivity contribution in [3.05, 3.63) is 27.8 Å². The number of nitro benzene ring substituents is 1. The Labute approximate surface area is 96.4 Å². The molecular weight excluding hydrogens is 250 g/mol. The highest BCUT2D eigenvalue weighted by molar-refractivity contribution is 7.89. The highest BCUT2D eigenvalue weighted by Gasteiger charge is 2.24. The van der Waals surface area contributed by atoms with Crippen LogP contribution in [0.15, 0.2) is 17.0 Å². The Morgan fingerprint density at radius 1 is 1.53 bits per heavy atom. The van der Waals surface area contributed by atoms with E-state index < -0.39 is 25.5 Å². The van der Waals surface area contributed by atoms with Crippen LogP contribution < -0.4 is 9.88 Å². The first-order chi connectivity index (χ1) is 7.81. The van der Waals surface area contributed by atoms with Gasteiger partial charge in [-0.2, -0.15) is 5.26 Å². The van der Waals surface area contributed by atoms with Crippen LogP contribution in [0.25, 0.3) is 0 Å². The second kappa shape index (κ2) is 4.36. The SMILES string of the molecule is COc1c(C#N)cc(S(N)(=O)=O)cc1[N+](=O)[O-]. The fraction of sp³-hybridized carbons (Fsp3) is 0.125. The lowest BCUT2D eigenvalue weighted by molar-refractivity contribution is -0.386. The van der Waals surface area contributed by atoms with Crippen LogP contribution in [0.5, 0.6) is 5.75 Å². The molecule has 0 heterocycles. The zero-order valence-electron chi connectivity index (χ0n) is 8.58. The third-order valence-electron chi connectivity index (χ3n) is 1.89. The van der Waals surface area contributed by atoms with Gasteiger partial charge in [0.2, 0.25) is 15.8 Å². The maximum Gasteiger partial charge on any atom is 0.313 e. The van der Waals surface area contributed by atoms with Crippen molar-refractivity contribution in [2.75, 3.05) is 7.11 Å². The highest BCUT2D eigenvalue weighted by atomic mass is 32.2. The third-order valence-corrected chi connectivity index (χ3v) is 2.79. The number of nitriles is 1. The summed E-state index contributed by atoms with van der Waals surface area (Å²) in [5.74, 6) is -0.301. The maximum absolute atomic E-state index is 11.1. The molecule has 0 saturated heterocycles. The summed E-state index contributed by atoms with van der Waals surface area (Å²) in [6.45, 7) is 0. The highest BCUT2D eigenvalue weighted by Crippen LogP contribution is 2.33. The van der Waals surface area contributed by atoms with Gasteiger partial charge in [0.25, 0.3) is 0 Å². The number of nitrogens with two attached hydrogens (primary N) is 1. The minimum Gasteiger partial charge on any atom is -0.489 e. The zero-order chi connectivity index (χ0) is 13.2. The largest absolute Gasteiger partial charge is 0.489 e. The van der Waals surface area contributed by atoms with E-state index >= 15 is 0 Å². The van der Waals surface area contributed by atoms with Gasteiger partial charge >= 0.3 is 5.69 Å². The Bertz CT molecular complexity index is 617. The van der Waals surface area contributed by atoms with Crippen LogP contribution in [0.3, 0.4) is 0 Å². The summed E-state index contributed by atoms with van der Waals surface area (Å²) in [5.41, 5.74) is -0.902. The van der Waals surface area contributed by atoms with Crippen LogP contribution in [0.2, 0.25) is 0 Å². The lowest BCUT2D eigenvalue weighted by Gasteiger charge is -2.05. The predicted octanol–water partition coefficient (Wildman–Crippen LogP) is 0.122. The van der Waals surface area contributed by atoms with E-state index in [1.165, 1.54) is 0 Å². The number of hydrogen-bond acceptors (Lipinski definition) is 6. The van der Waals surface area contributed by atoms with Gasteiger partial charge in [0.05, 0.1) is 16.9 Å². The summed E-state index contributed by atoms with van der Waals surface area (Å²) in [6, 6.07) is 3.27. The molecule has 8 nitrogen and oxygen atoms in total. The minimum atomic E-state index is -4.13. The Hall–Kier alpha value is -2.18. The maximum atomic E-state index is 11.1. The molecule has 1 aromatic rings.